The molecule has 0 aliphatic carbocycles. The van der Waals surface area contributed by atoms with Crippen molar-refractivity contribution in [2.45, 2.75) is 11.8 Å². The third-order valence-electron chi connectivity index (χ3n) is 4.76. The van der Waals surface area contributed by atoms with Gasteiger partial charge in [0.15, 0.2) is 6.61 Å². The van der Waals surface area contributed by atoms with Crippen LogP contribution in [0.3, 0.4) is 0 Å². The molecule has 0 heterocycles. The highest BCUT2D eigenvalue weighted by atomic mass is 32.2. The summed E-state index contributed by atoms with van der Waals surface area (Å²) in [6, 6.07) is 20.6. The van der Waals surface area contributed by atoms with Crippen LogP contribution in [0.2, 0.25) is 0 Å². The second kappa shape index (κ2) is 9.97. The average molecular weight is 464 g/mol. The van der Waals surface area contributed by atoms with E-state index in [0.29, 0.717) is 16.9 Å². The van der Waals surface area contributed by atoms with Gasteiger partial charge in [-0.3, -0.25) is 9.10 Å². The lowest BCUT2D eigenvalue weighted by atomic mass is 10.2. The summed E-state index contributed by atoms with van der Waals surface area (Å²) < 4.78 is 31.7. The third kappa shape index (κ3) is 5.75. The van der Waals surface area contributed by atoms with Crippen LogP contribution in [0.25, 0.3) is 0 Å². The molecule has 0 spiro atoms. The van der Waals surface area contributed by atoms with Crippen LogP contribution in [0.1, 0.15) is 21.5 Å². The number of esters is 1. The van der Waals surface area contributed by atoms with Crippen molar-refractivity contribution in [1.29, 1.82) is 5.26 Å². The van der Waals surface area contributed by atoms with Gasteiger partial charge in [0.05, 0.1) is 27.8 Å². The molecule has 0 aliphatic rings. The molecular weight excluding hydrogens is 442 g/mol. The van der Waals surface area contributed by atoms with Crippen LogP contribution in [-0.4, -0.2) is 33.9 Å². The lowest BCUT2D eigenvalue weighted by molar-refractivity contribution is -0.119. The second-order valence-electron chi connectivity index (χ2n) is 7.15. The molecule has 0 saturated carbocycles. The van der Waals surface area contributed by atoms with Crippen molar-refractivity contribution in [1.82, 2.24) is 0 Å². The predicted octanol–water partition coefficient (Wildman–Crippen LogP) is 3.49. The third-order valence-corrected chi connectivity index (χ3v) is 6.56. The molecule has 33 heavy (non-hydrogen) atoms. The van der Waals surface area contributed by atoms with E-state index in [4.69, 9.17) is 10.00 Å². The molecule has 3 aromatic rings. The number of benzene rings is 3. The summed E-state index contributed by atoms with van der Waals surface area (Å²) in [6.07, 6.45) is 0. The number of rotatable bonds is 7. The topological polar surface area (TPSA) is 117 Å². The zero-order chi connectivity index (χ0) is 24.0. The summed E-state index contributed by atoms with van der Waals surface area (Å²) in [6.45, 7) is 1.35. The van der Waals surface area contributed by atoms with E-state index < -0.39 is 28.5 Å². The van der Waals surface area contributed by atoms with E-state index in [2.05, 4.69) is 5.32 Å². The van der Waals surface area contributed by atoms with Crippen LogP contribution in [0.4, 0.5) is 11.4 Å². The summed E-state index contributed by atoms with van der Waals surface area (Å²) >= 11 is 0. The Bertz CT molecular complexity index is 1310. The Kier molecular flexibility index (Phi) is 7.10. The highest BCUT2D eigenvalue weighted by molar-refractivity contribution is 7.92. The van der Waals surface area contributed by atoms with Gasteiger partial charge in [-0.25, -0.2) is 13.2 Å². The van der Waals surface area contributed by atoms with Gasteiger partial charge in [0.25, 0.3) is 15.9 Å². The number of carbonyl (C=O) groups excluding carboxylic acids is 2. The van der Waals surface area contributed by atoms with Crippen molar-refractivity contribution >= 4 is 33.3 Å². The number of ether oxygens (including phenoxy) is 1. The van der Waals surface area contributed by atoms with Crippen LogP contribution in [-0.2, 0) is 19.6 Å². The Hall–Kier alpha value is -4.16. The number of sulfonamides is 1. The van der Waals surface area contributed by atoms with Crippen molar-refractivity contribution in [3.63, 3.8) is 0 Å². The molecule has 0 saturated heterocycles. The van der Waals surface area contributed by atoms with E-state index in [1.807, 2.05) is 13.0 Å². The summed E-state index contributed by atoms with van der Waals surface area (Å²) in [5, 5.41) is 11.4. The van der Waals surface area contributed by atoms with Crippen LogP contribution in [0.5, 0.6) is 0 Å². The molecule has 0 radical (unpaired) electrons. The molecule has 0 aromatic heterocycles. The Morgan fingerprint density at radius 2 is 1.70 bits per heavy atom. The van der Waals surface area contributed by atoms with Crippen molar-refractivity contribution in [2.24, 2.45) is 0 Å². The van der Waals surface area contributed by atoms with Gasteiger partial charge in [-0.15, -0.1) is 0 Å². The Morgan fingerprint density at radius 1 is 1.03 bits per heavy atom. The molecule has 0 fully saturated rings. The quantitative estimate of drug-likeness (QED) is 0.536. The average Bonchev–Trinajstić information content (AvgIpc) is 2.82. The van der Waals surface area contributed by atoms with Gasteiger partial charge in [-0.2, -0.15) is 5.26 Å². The van der Waals surface area contributed by atoms with E-state index >= 15 is 0 Å². The predicted molar refractivity (Wildman–Crippen MR) is 123 cm³/mol. The summed E-state index contributed by atoms with van der Waals surface area (Å²) in [5.41, 5.74) is 2.28. The number of nitrogens with zero attached hydrogens (tertiary/aromatic N) is 2. The lowest BCUT2D eigenvalue weighted by Crippen LogP contribution is -2.26. The van der Waals surface area contributed by atoms with Gasteiger partial charge >= 0.3 is 5.97 Å². The first kappa shape index (κ1) is 23.5. The molecular formula is C24H21N3O5S. The Labute approximate surface area is 192 Å². The number of hydrogen-bond donors (Lipinski definition) is 1. The molecule has 168 valence electrons. The number of anilines is 2. The minimum absolute atomic E-state index is 0.158. The molecule has 0 aliphatic heterocycles. The van der Waals surface area contributed by atoms with Crippen molar-refractivity contribution in [3.8, 4) is 6.07 Å². The SMILES string of the molecule is Cc1ccc(S(=O)(=O)N(C)c2ccc(C(=O)OCC(=O)Nc3cccc(C#N)c3)cc2)cc1. The molecule has 0 bridgehead atoms. The highest BCUT2D eigenvalue weighted by Gasteiger charge is 2.21. The largest absolute Gasteiger partial charge is 0.452 e. The Morgan fingerprint density at radius 3 is 2.33 bits per heavy atom. The number of nitrogens with one attached hydrogen (secondary N) is 1. The number of amides is 1. The minimum atomic E-state index is -3.75. The van der Waals surface area contributed by atoms with Crippen LogP contribution in [0, 0.1) is 18.3 Å². The molecule has 9 heteroatoms. The van der Waals surface area contributed by atoms with Gasteiger partial charge in [0.2, 0.25) is 0 Å². The lowest BCUT2D eigenvalue weighted by Gasteiger charge is -2.19. The number of carbonyl (C=O) groups is 2. The van der Waals surface area contributed by atoms with Crippen LogP contribution < -0.4 is 9.62 Å². The highest BCUT2D eigenvalue weighted by Crippen LogP contribution is 2.23. The molecule has 1 N–H and O–H groups in total. The maximum absolute atomic E-state index is 12.8. The van der Waals surface area contributed by atoms with Gasteiger partial charge < -0.3 is 10.1 Å². The van der Waals surface area contributed by atoms with E-state index in [9.17, 15) is 18.0 Å². The summed E-state index contributed by atoms with van der Waals surface area (Å²) in [4.78, 5) is 24.4. The van der Waals surface area contributed by atoms with E-state index in [1.165, 1.54) is 49.5 Å². The van der Waals surface area contributed by atoms with Gasteiger partial charge in [0.1, 0.15) is 0 Å². The fraction of sp³-hybridized carbons (Fsp3) is 0.125. The molecule has 0 atom stereocenters. The molecule has 3 rings (SSSR count). The first-order chi connectivity index (χ1) is 15.7. The monoisotopic (exact) mass is 463 g/mol. The van der Waals surface area contributed by atoms with E-state index in [1.54, 1.807) is 30.3 Å². The molecule has 8 nitrogen and oxygen atoms in total. The Balaban J connectivity index is 1.61. The first-order valence-corrected chi connectivity index (χ1v) is 11.3. The van der Waals surface area contributed by atoms with Gasteiger partial charge in [-0.1, -0.05) is 23.8 Å². The van der Waals surface area contributed by atoms with Crippen LogP contribution in [0.15, 0.2) is 77.7 Å². The van der Waals surface area contributed by atoms with Crippen molar-refractivity contribution in [2.75, 3.05) is 23.3 Å². The zero-order valence-electron chi connectivity index (χ0n) is 18.0. The maximum atomic E-state index is 12.8. The van der Waals surface area contributed by atoms with E-state index in [0.717, 1.165) is 9.87 Å². The maximum Gasteiger partial charge on any atom is 0.338 e. The van der Waals surface area contributed by atoms with Gasteiger partial charge in [-0.05, 0) is 61.5 Å². The summed E-state index contributed by atoms with van der Waals surface area (Å²) in [7, 11) is -2.33. The smallest absolute Gasteiger partial charge is 0.338 e. The molecule has 1 amide bonds. The van der Waals surface area contributed by atoms with Crippen LogP contribution >= 0.6 is 0 Å². The molecule has 3 aromatic carbocycles. The summed E-state index contributed by atoms with van der Waals surface area (Å²) in [5.74, 6) is -1.29. The molecule has 0 unspecified atom stereocenters. The first-order valence-electron chi connectivity index (χ1n) is 9.83. The fourth-order valence-electron chi connectivity index (χ4n) is 2.89. The zero-order valence-corrected chi connectivity index (χ0v) is 18.8. The van der Waals surface area contributed by atoms with E-state index in [-0.39, 0.29) is 10.5 Å². The normalized spacial score (nSPS) is 10.7. The number of nitriles is 1. The number of aryl methyl sites for hydroxylation is 1. The fourth-order valence-corrected chi connectivity index (χ4v) is 4.09. The second-order valence-corrected chi connectivity index (χ2v) is 9.12. The minimum Gasteiger partial charge on any atom is -0.452 e. The van der Waals surface area contributed by atoms with Crippen molar-refractivity contribution in [3.05, 3.63) is 89.5 Å². The standard InChI is InChI=1S/C24H21N3O5S/c1-17-6-12-22(13-7-17)33(30,31)27(2)21-10-8-19(9-11-21)24(29)32-16-23(28)26-20-5-3-4-18(14-20)15-25/h3-14H,16H2,1-2H3,(H,26,28). The number of hydrogen-bond acceptors (Lipinski definition) is 6. The van der Waals surface area contributed by atoms with Gasteiger partial charge in [0, 0.05) is 12.7 Å². The van der Waals surface area contributed by atoms with Crippen molar-refractivity contribution < 1.29 is 22.7 Å².